The van der Waals surface area contributed by atoms with Gasteiger partial charge in [0.05, 0.1) is 19.2 Å². The number of benzene rings is 1. The summed E-state index contributed by atoms with van der Waals surface area (Å²) in [4.78, 5) is 36.0. The predicted molar refractivity (Wildman–Crippen MR) is 91.6 cm³/mol. The normalized spacial score (nSPS) is 18.8. The number of carbonyl (C=O) groups is 3. The lowest BCUT2D eigenvalue weighted by Gasteiger charge is -2.42. The molecule has 0 spiro atoms. The Hall–Kier alpha value is -2.68. The number of methoxy groups -OCH3 is 1. The number of ether oxygens (including phenoxy) is 1. The molecule has 1 aliphatic carbocycles. The smallest absolute Gasteiger partial charge is 0.340 e. The number of esters is 1. The van der Waals surface area contributed by atoms with E-state index < -0.39 is 23.8 Å². The molecular formula is C17H22FN3O5. The van der Waals surface area contributed by atoms with E-state index in [4.69, 9.17) is 5.11 Å². The third-order valence-corrected chi connectivity index (χ3v) is 4.34. The lowest BCUT2D eigenvalue weighted by molar-refractivity contribution is -0.139. The van der Waals surface area contributed by atoms with Crippen LogP contribution < -0.4 is 10.6 Å². The lowest BCUT2D eigenvalue weighted by atomic mass is 9.85. The van der Waals surface area contributed by atoms with Crippen LogP contribution in [0.15, 0.2) is 18.2 Å². The topological polar surface area (TPSA) is 108 Å². The van der Waals surface area contributed by atoms with E-state index in [1.165, 1.54) is 12.1 Å². The van der Waals surface area contributed by atoms with Crippen LogP contribution in [-0.2, 0) is 9.53 Å². The Morgan fingerprint density at radius 2 is 2.04 bits per heavy atom. The minimum atomic E-state index is -0.876. The number of urea groups is 1. The van der Waals surface area contributed by atoms with Gasteiger partial charge in [-0.25, -0.2) is 14.0 Å². The number of nitrogens with one attached hydrogen (secondary N) is 2. The van der Waals surface area contributed by atoms with Crippen LogP contribution in [-0.4, -0.2) is 60.3 Å². The van der Waals surface area contributed by atoms with Crippen molar-refractivity contribution >= 4 is 23.7 Å². The number of likely N-dealkylation sites (N-methyl/N-ethyl adjacent to an activating group) is 1. The number of carboxylic acid groups (broad SMARTS) is 1. The maximum absolute atomic E-state index is 13.8. The molecule has 26 heavy (non-hydrogen) atoms. The third kappa shape index (κ3) is 4.92. The number of rotatable bonds is 7. The number of nitrogens with zero attached hydrogens (tertiary/aromatic N) is 1. The summed E-state index contributed by atoms with van der Waals surface area (Å²) in [5, 5.41) is 14.1. The molecular weight excluding hydrogens is 345 g/mol. The van der Waals surface area contributed by atoms with Crippen molar-refractivity contribution in [3.05, 3.63) is 29.6 Å². The van der Waals surface area contributed by atoms with Gasteiger partial charge in [-0.15, -0.1) is 0 Å². The monoisotopic (exact) mass is 367 g/mol. The second-order valence-electron chi connectivity index (χ2n) is 6.06. The molecule has 2 rings (SSSR count). The molecule has 1 aromatic rings. The van der Waals surface area contributed by atoms with Gasteiger partial charge in [-0.05, 0) is 37.6 Å². The molecule has 0 aromatic heterocycles. The average Bonchev–Trinajstić information content (AvgIpc) is 2.55. The summed E-state index contributed by atoms with van der Waals surface area (Å²) in [6, 6.07) is 3.26. The van der Waals surface area contributed by atoms with Crippen LogP contribution in [0.25, 0.3) is 0 Å². The van der Waals surface area contributed by atoms with Gasteiger partial charge >= 0.3 is 18.0 Å². The van der Waals surface area contributed by atoms with Crippen LogP contribution in [0.5, 0.6) is 0 Å². The number of aliphatic carboxylic acids is 1. The average molecular weight is 367 g/mol. The van der Waals surface area contributed by atoms with Crippen LogP contribution in [0, 0.1) is 5.82 Å². The Kier molecular flexibility index (Phi) is 6.51. The van der Waals surface area contributed by atoms with Crippen molar-refractivity contribution in [3.63, 3.8) is 0 Å². The highest BCUT2D eigenvalue weighted by atomic mass is 19.1. The molecule has 0 aliphatic heterocycles. The van der Waals surface area contributed by atoms with Gasteiger partial charge in [-0.2, -0.15) is 0 Å². The third-order valence-electron chi connectivity index (χ3n) is 4.34. The second-order valence-corrected chi connectivity index (χ2v) is 6.06. The van der Waals surface area contributed by atoms with Crippen LogP contribution in [0.1, 0.15) is 30.1 Å². The zero-order valence-corrected chi connectivity index (χ0v) is 14.6. The Bertz CT molecular complexity index is 691. The van der Waals surface area contributed by atoms with Gasteiger partial charge in [-0.1, -0.05) is 6.92 Å². The maximum atomic E-state index is 13.8. The van der Waals surface area contributed by atoms with Crippen LogP contribution in [0.4, 0.5) is 14.9 Å². The Labute approximate surface area is 150 Å². The molecule has 1 fully saturated rings. The summed E-state index contributed by atoms with van der Waals surface area (Å²) < 4.78 is 18.3. The molecule has 0 radical (unpaired) electrons. The summed E-state index contributed by atoms with van der Waals surface area (Å²) >= 11 is 0. The van der Waals surface area contributed by atoms with Gasteiger partial charge < -0.3 is 20.5 Å². The van der Waals surface area contributed by atoms with Crippen LogP contribution in [0.2, 0.25) is 0 Å². The van der Waals surface area contributed by atoms with Gasteiger partial charge in [0.1, 0.15) is 5.82 Å². The lowest BCUT2D eigenvalue weighted by Crippen LogP contribution is -2.55. The van der Waals surface area contributed by atoms with Crippen molar-refractivity contribution in [2.45, 2.75) is 31.8 Å². The summed E-state index contributed by atoms with van der Waals surface area (Å²) in [6.45, 7) is 2.50. The summed E-state index contributed by atoms with van der Waals surface area (Å²) in [7, 11) is 1.16. The van der Waals surface area contributed by atoms with E-state index in [2.05, 4.69) is 15.4 Å². The molecule has 8 nitrogen and oxygen atoms in total. The first-order chi connectivity index (χ1) is 12.3. The molecule has 0 saturated heterocycles. The number of amides is 2. The largest absolute Gasteiger partial charge is 0.480 e. The number of carboxylic acids is 1. The van der Waals surface area contributed by atoms with E-state index >= 15 is 0 Å². The Morgan fingerprint density at radius 3 is 2.58 bits per heavy atom. The first-order valence-electron chi connectivity index (χ1n) is 8.25. The highest BCUT2D eigenvalue weighted by Gasteiger charge is 2.34. The molecule has 0 unspecified atom stereocenters. The fourth-order valence-corrected chi connectivity index (χ4v) is 2.90. The number of hydrogen-bond donors (Lipinski definition) is 3. The van der Waals surface area contributed by atoms with E-state index in [0.29, 0.717) is 19.4 Å². The van der Waals surface area contributed by atoms with E-state index in [9.17, 15) is 18.8 Å². The summed E-state index contributed by atoms with van der Waals surface area (Å²) in [6.07, 6.45) is 1.31. The highest BCUT2D eigenvalue weighted by Crippen LogP contribution is 2.25. The molecule has 0 atom stereocenters. The highest BCUT2D eigenvalue weighted by molar-refractivity contribution is 5.92. The van der Waals surface area contributed by atoms with Gasteiger partial charge in [0.2, 0.25) is 0 Å². The molecule has 1 aromatic carbocycles. The summed E-state index contributed by atoms with van der Waals surface area (Å²) in [5.74, 6) is -2.45. The van der Waals surface area contributed by atoms with E-state index in [1.54, 1.807) is 0 Å². The van der Waals surface area contributed by atoms with Crippen molar-refractivity contribution in [3.8, 4) is 0 Å². The zero-order valence-electron chi connectivity index (χ0n) is 14.6. The molecule has 0 heterocycles. The first kappa shape index (κ1) is 19.6. The Balaban J connectivity index is 1.82. The van der Waals surface area contributed by atoms with Crippen LogP contribution >= 0.6 is 0 Å². The van der Waals surface area contributed by atoms with Crippen LogP contribution in [0.3, 0.4) is 0 Å². The number of hydrogen-bond acceptors (Lipinski definition) is 5. The quantitative estimate of drug-likeness (QED) is 0.633. The number of halogens is 1. The van der Waals surface area contributed by atoms with Crippen molar-refractivity contribution in [2.24, 2.45) is 0 Å². The van der Waals surface area contributed by atoms with Crippen molar-refractivity contribution < 1.29 is 28.6 Å². The molecule has 0 bridgehead atoms. The fraction of sp³-hybridized carbons (Fsp3) is 0.471. The second kappa shape index (κ2) is 8.61. The van der Waals surface area contributed by atoms with Gasteiger partial charge in [0.15, 0.2) is 0 Å². The van der Waals surface area contributed by atoms with Crippen molar-refractivity contribution in [2.75, 3.05) is 25.5 Å². The van der Waals surface area contributed by atoms with Crippen molar-refractivity contribution in [1.29, 1.82) is 0 Å². The zero-order chi connectivity index (χ0) is 19.3. The number of carbonyl (C=O) groups excluding carboxylic acids is 2. The fourth-order valence-electron chi connectivity index (χ4n) is 2.90. The molecule has 3 N–H and O–H groups in total. The predicted octanol–water partition coefficient (Wildman–Crippen LogP) is 1.67. The van der Waals surface area contributed by atoms with E-state index in [0.717, 1.165) is 13.2 Å². The minimum absolute atomic E-state index is 0.0219. The van der Waals surface area contributed by atoms with Gasteiger partial charge in [0, 0.05) is 17.8 Å². The molecule has 142 valence electrons. The van der Waals surface area contributed by atoms with Crippen molar-refractivity contribution in [1.82, 2.24) is 10.2 Å². The standard InChI is InChI=1S/C17H22FN3O5/c1-3-21(9-15(22)23)12-6-11(7-12)20-17(25)19-10-4-5-13(14(18)8-10)16(24)26-2/h4-5,8,11-12H,3,6-7,9H2,1-2H3,(H,22,23)(H2,19,20,25). The maximum Gasteiger partial charge on any atom is 0.340 e. The minimum Gasteiger partial charge on any atom is -0.480 e. The molecule has 1 aliphatic rings. The Morgan fingerprint density at radius 1 is 1.35 bits per heavy atom. The van der Waals surface area contributed by atoms with Gasteiger partial charge in [0.25, 0.3) is 0 Å². The SMILES string of the molecule is CCN(CC(=O)O)C1CC(NC(=O)Nc2ccc(C(=O)OC)c(F)c2)C1. The van der Waals surface area contributed by atoms with Gasteiger partial charge in [-0.3, -0.25) is 9.69 Å². The first-order valence-corrected chi connectivity index (χ1v) is 8.25. The molecule has 9 heteroatoms. The summed E-state index contributed by atoms with van der Waals surface area (Å²) in [5.41, 5.74) is 0.00275. The van der Waals surface area contributed by atoms with E-state index in [1.807, 2.05) is 11.8 Å². The molecule has 1 saturated carbocycles. The van der Waals surface area contributed by atoms with E-state index in [-0.39, 0.29) is 29.9 Å². The molecule has 2 amide bonds. The number of anilines is 1.